The Balaban J connectivity index is 2.36. The van der Waals surface area contributed by atoms with E-state index in [2.05, 4.69) is 15.4 Å². The molecule has 0 aliphatic carbocycles. The number of halogens is 2. The first-order chi connectivity index (χ1) is 9.01. The average molecular weight is 283 g/mol. The topological polar surface area (TPSA) is 73.1 Å². The summed E-state index contributed by atoms with van der Waals surface area (Å²) < 4.78 is 18.9. The molecule has 1 heterocycles. The molecule has 0 amide bonds. The van der Waals surface area contributed by atoms with Gasteiger partial charge in [-0.3, -0.25) is 5.43 Å². The Morgan fingerprint density at radius 2 is 1.95 bits per heavy atom. The van der Waals surface area contributed by atoms with Crippen LogP contribution >= 0.6 is 11.6 Å². The molecule has 2 aromatic rings. The summed E-state index contributed by atoms with van der Waals surface area (Å²) in [5.74, 6) is 4.79. The fraction of sp³-hybridized carbons (Fsp3) is 0.167. The van der Waals surface area contributed by atoms with E-state index in [1.54, 1.807) is 12.1 Å². The number of hydrogen-bond donors (Lipinski definition) is 2. The number of nitrogens with two attached hydrogens (primary N) is 1. The second-order valence-corrected chi connectivity index (χ2v) is 4.34. The molecule has 7 heteroatoms. The molecular weight excluding hydrogens is 271 g/mol. The highest BCUT2D eigenvalue weighted by Crippen LogP contribution is 2.29. The van der Waals surface area contributed by atoms with Gasteiger partial charge in [0.15, 0.2) is 0 Å². The summed E-state index contributed by atoms with van der Waals surface area (Å²) in [7, 11) is 0. The number of anilines is 1. The first kappa shape index (κ1) is 13.5. The van der Waals surface area contributed by atoms with Crippen molar-refractivity contribution in [3.05, 3.63) is 40.3 Å². The maximum absolute atomic E-state index is 13.5. The summed E-state index contributed by atoms with van der Waals surface area (Å²) in [5.41, 5.74) is 3.90. The Labute approximate surface area is 114 Å². The minimum absolute atomic E-state index is 0.0683. The fourth-order valence-corrected chi connectivity index (χ4v) is 1.68. The van der Waals surface area contributed by atoms with E-state index in [0.29, 0.717) is 10.8 Å². The molecule has 0 bridgehead atoms. The molecular formula is C12H12ClFN4O. The van der Waals surface area contributed by atoms with Gasteiger partial charge >= 0.3 is 0 Å². The van der Waals surface area contributed by atoms with Crippen molar-refractivity contribution >= 4 is 17.5 Å². The lowest BCUT2D eigenvalue weighted by molar-refractivity contribution is 0.420. The maximum Gasteiger partial charge on any atom is 0.260 e. The molecule has 0 unspecified atom stereocenters. The van der Waals surface area contributed by atoms with Gasteiger partial charge in [0.05, 0.1) is 6.20 Å². The van der Waals surface area contributed by atoms with Gasteiger partial charge in [-0.1, -0.05) is 11.6 Å². The van der Waals surface area contributed by atoms with Crippen LogP contribution in [-0.2, 0) is 0 Å². The third kappa shape index (κ3) is 2.91. The number of aromatic nitrogens is 2. The van der Waals surface area contributed by atoms with Gasteiger partial charge in [-0.25, -0.2) is 10.8 Å². The van der Waals surface area contributed by atoms with Crippen LogP contribution in [0.25, 0.3) is 0 Å². The summed E-state index contributed by atoms with van der Waals surface area (Å²) in [5, 5.41) is 0.653. The monoisotopic (exact) mass is 282 g/mol. The second kappa shape index (κ2) is 5.38. The Morgan fingerprint density at radius 3 is 2.53 bits per heavy atom. The van der Waals surface area contributed by atoms with Gasteiger partial charge in [-0.15, -0.1) is 0 Å². The minimum atomic E-state index is -0.677. The predicted octanol–water partition coefficient (Wildman–Crippen LogP) is 2.96. The highest BCUT2D eigenvalue weighted by atomic mass is 35.5. The van der Waals surface area contributed by atoms with Crippen LogP contribution in [0.1, 0.15) is 11.1 Å². The predicted molar refractivity (Wildman–Crippen MR) is 70.8 cm³/mol. The standard InChI is InChI=1S/C12H12ClFN4O/c1-6-3-8(4-7(2)10(6)13)19-11-9(14)5-16-12(17-11)18-15/h3-5H,15H2,1-2H3,(H,16,17,18). The Bertz CT molecular complexity index is 598. The van der Waals surface area contributed by atoms with Crippen molar-refractivity contribution in [2.45, 2.75) is 13.8 Å². The van der Waals surface area contributed by atoms with Gasteiger partial charge in [0.2, 0.25) is 11.8 Å². The molecule has 19 heavy (non-hydrogen) atoms. The van der Waals surface area contributed by atoms with E-state index in [4.69, 9.17) is 22.2 Å². The molecule has 0 atom stereocenters. The number of nitrogen functional groups attached to an aromatic ring is 1. The number of nitrogens with zero attached hydrogens (tertiary/aromatic N) is 2. The Hall–Kier alpha value is -1.92. The van der Waals surface area contributed by atoms with Crippen molar-refractivity contribution in [3.63, 3.8) is 0 Å². The van der Waals surface area contributed by atoms with Crippen LogP contribution in [0.2, 0.25) is 5.02 Å². The highest BCUT2D eigenvalue weighted by Gasteiger charge is 2.11. The SMILES string of the molecule is Cc1cc(Oc2nc(NN)ncc2F)cc(C)c1Cl. The van der Waals surface area contributed by atoms with E-state index in [-0.39, 0.29) is 11.8 Å². The zero-order chi connectivity index (χ0) is 14.0. The normalized spacial score (nSPS) is 10.4. The molecule has 0 saturated heterocycles. The van der Waals surface area contributed by atoms with Crippen molar-refractivity contribution in [1.82, 2.24) is 9.97 Å². The number of hydrazine groups is 1. The molecule has 0 saturated carbocycles. The quantitative estimate of drug-likeness (QED) is 0.669. The number of aryl methyl sites for hydroxylation is 2. The first-order valence-corrected chi connectivity index (χ1v) is 5.83. The fourth-order valence-electron chi connectivity index (χ4n) is 1.57. The Morgan fingerprint density at radius 1 is 1.32 bits per heavy atom. The molecule has 1 aromatic heterocycles. The zero-order valence-electron chi connectivity index (χ0n) is 10.4. The molecule has 5 nitrogen and oxygen atoms in total. The summed E-state index contributed by atoms with van der Waals surface area (Å²) in [4.78, 5) is 7.42. The summed E-state index contributed by atoms with van der Waals surface area (Å²) in [6, 6.07) is 3.40. The molecule has 0 fully saturated rings. The lowest BCUT2D eigenvalue weighted by atomic mass is 10.1. The molecule has 0 aliphatic rings. The van der Waals surface area contributed by atoms with Crippen LogP contribution in [0, 0.1) is 19.7 Å². The van der Waals surface area contributed by atoms with Crippen molar-refractivity contribution in [3.8, 4) is 11.6 Å². The van der Waals surface area contributed by atoms with E-state index >= 15 is 0 Å². The van der Waals surface area contributed by atoms with Crippen LogP contribution in [0.15, 0.2) is 18.3 Å². The highest BCUT2D eigenvalue weighted by molar-refractivity contribution is 6.32. The van der Waals surface area contributed by atoms with Gasteiger partial charge in [0.1, 0.15) is 5.75 Å². The van der Waals surface area contributed by atoms with E-state index in [1.165, 1.54) is 0 Å². The molecule has 3 N–H and O–H groups in total. The van der Waals surface area contributed by atoms with E-state index in [0.717, 1.165) is 17.3 Å². The van der Waals surface area contributed by atoms with Crippen LogP contribution in [0.3, 0.4) is 0 Å². The summed E-state index contributed by atoms with van der Waals surface area (Å²) >= 11 is 6.05. The Kier molecular flexibility index (Phi) is 3.82. The smallest absolute Gasteiger partial charge is 0.260 e. The number of ether oxygens (including phenoxy) is 1. The third-order valence-corrected chi connectivity index (χ3v) is 3.06. The van der Waals surface area contributed by atoms with Crippen molar-refractivity contribution in [2.24, 2.45) is 5.84 Å². The molecule has 2 rings (SSSR count). The third-order valence-electron chi connectivity index (χ3n) is 2.47. The first-order valence-electron chi connectivity index (χ1n) is 5.45. The van der Waals surface area contributed by atoms with Crippen LogP contribution in [0.5, 0.6) is 11.6 Å². The largest absolute Gasteiger partial charge is 0.436 e. The molecule has 0 aliphatic heterocycles. The number of rotatable bonds is 3. The zero-order valence-corrected chi connectivity index (χ0v) is 11.1. The van der Waals surface area contributed by atoms with Gasteiger partial charge in [0.25, 0.3) is 5.88 Å². The van der Waals surface area contributed by atoms with Gasteiger partial charge in [0, 0.05) is 5.02 Å². The van der Waals surface area contributed by atoms with E-state index in [1.807, 2.05) is 13.8 Å². The van der Waals surface area contributed by atoms with Crippen LogP contribution in [0.4, 0.5) is 10.3 Å². The molecule has 0 spiro atoms. The number of benzene rings is 1. The number of nitrogens with one attached hydrogen (secondary N) is 1. The van der Waals surface area contributed by atoms with Crippen LogP contribution < -0.4 is 16.0 Å². The summed E-state index contributed by atoms with van der Waals surface area (Å²) in [6.07, 6.45) is 0.979. The number of hydrogen-bond acceptors (Lipinski definition) is 5. The van der Waals surface area contributed by atoms with E-state index < -0.39 is 5.82 Å². The van der Waals surface area contributed by atoms with Crippen LogP contribution in [-0.4, -0.2) is 9.97 Å². The summed E-state index contributed by atoms with van der Waals surface area (Å²) in [6.45, 7) is 3.68. The maximum atomic E-state index is 13.5. The van der Waals surface area contributed by atoms with E-state index in [9.17, 15) is 4.39 Å². The lowest BCUT2D eigenvalue weighted by Crippen LogP contribution is -2.11. The molecule has 1 aromatic carbocycles. The van der Waals surface area contributed by atoms with Crippen molar-refractivity contribution in [2.75, 3.05) is 5.43 Å². The van der Waals surface area contributed by atoms with Crippen molar-refractivity contribution in [1.29, 1.82) is 0 Å². The van der Waals surface area contributed by atoms with Gasteiger partial charge < -0.3 is 4.74 Å². The second-order valence-electron chi connectivity index (χ2n) is 3.96. The van der Waals surface area contributed by atoms with Gasteiger partial charge in [-0.2, -0.15) is 9.37 Å². The molecule has 100 valence electrons. The lowest BCUT2D eigenvalue weighted by Gasteiger charge is -2.10. The molecule has 0 radical (unpaired) electrons. The minimum Gasteiger partial charge on any atom is -0.436 e. The van der Waals surface area contributed by atoms with Crippen molar-refractivity contribution < 1.29 is 9.13 Å². The average Bonchev–Trinajstić information content (AvgIpc) is 2.38. The van der Waals surface area contributed by atoms with Gasteiger partial charge in [-0.05, 0) is 37.1 Å².